The third kappa shape index (κ3) is 2.39. The normalized spacial score (nSPS) is 10.0. The highest BCUT2D eigenvalue weighted by Crippen LogP contribution is 2.04. The maximum absolute atomic E-state index is 10.6. The molecule has 0 atom stereocenters. The molecule has 1 aromatic rings. The molecular weight excluding hydrogens is 192 g/mol. The Morgan fingerprint density at radius 2 is 2.38 bits per heavy atom. The van der Waals surface area contributed by atoms with Crippen LogP contribution >= 0.6 is 11.6 Å². The molecule has 0 spiro atoms. The summed E-state index contributed by atoms with van der Waals surface area (Å²) in [6.07, 6.45) is 1.87. The number of aromatic nitrogens is 2. The molecule has 70 valence electrons. The Labute approximate surface area is 80.6 Å². The molecule has 0 radical (unpaired) electrons. The molecule has 1 rings (SSSR count). The number of aryl methyl sites for hydroxylation is 2. The highest BCUT2D eigenvalue weighted by atomic mass is 35.5. The van der Waals surface area contributed by atoms with Crippen LogP contribution in [0.5, 0.6) is 0 Å². The van der Waals surface area contributed by atoms with Crippen molar-refractivity contribution < 1.29 is 9.90 Å². The summed E-state index contributed by atoms with van der Waals surface area (Å²) in [5, 5.41) is 8.68. The van der Waals surface area contributed by atoms with E-state index in [1.54, 1.807) is 6.92 Å². The van der Waals surface area contributed by atoms with E-state index >= 15 is 0 Å². The minimum Gasteiger partial charge on any atom is -0.478 e. The standard InChI is InChI=1S/C8H9ClN2O2/c1-5-6(8(12)13)4-10-7(11-5)2-3-9/h4H,2-3H2,1H3,(H,12,13). The Morgan fingerprint density at radius 3 is 2.85 bits per heavy atom. The second kappa shape index (κ2) is 4.18. The zero-order valence-corrected chi connectivity index (χ0v) is 7.88. The maximum atomic E-state index is 10.6. The van der Waals surface area contributed by atoms with E-state index < -0.39 is 5.97 Å². The number of alkyl halides is 1. The van der Waals surface area contributed by atoms with Crippen molar-refractivity contribution in [3.05, 3.63) is 23.3 Å². The van der Waals surface area contributed by atoms with Crippen molar-refractivity contribution in [2.45, 2.75) is 13.3 Å². The van der Waals surface area contributed by atoms with Crippen molar-refractivity contribution in [1.29, 1.82) is 0 Å². The molecule has 1 heterocycles. The first-order chi connectivity index (χ1) is 6.15. The molecule has 1 N–H and O–H groups in total. The molecule has 13 heavy (non-hydrogen) atoms. The fourth-order valence-corrected chi connectivity index (χ4v) is 1.10. The van der Waals surface area contributed by atoms with Gasteiger partial charge in [0.15, 0.2) is 0 Å². The van der Waals surface area contributed by atoms with Crippen molar-refractivity contribution >= 4 is 17.6 Å². The lowest BCUT2D eigenvalue weighted by atomic mass is 10.2. The quantitative estimate of drug-likeness (QED) is 0.747. The van der Waals surface area contributed by atoms with Gasteiger partial charge in [-0.3, -0.25) is 0 Å². The zero-order chi connectivity index (χ0) is 9.84. The smallest absolute Gasteiger partial charge is 0.339 e. The first-order valence-electron chi connectivity index (χ1n) is 3.77. The van der Waals surface area contributed by atoms with E-state index in [0.717, 1.165) is 0 Å². The Morgan fingerprint density at radius 1 is 1.69 bits per heavy atom. The predicted octanol–water partition coefficient (Wildman–Crippen LogP) is 1.26. The molecule has 1 aromatic heterocycles. The second-order valence-electron chi connectivity index (χ2n) is 2.53. The Bertz CT molecular complexity index is 328. The topological polar surface area (TPSA) is 63.1 Å². The Hall–Kier alpha value is -1.16. The van der Waals surface area contributed by atoms with Crippen molar-refractivity contribution in [1.82, 2.24) is 9.97 Å². The number of hydrogen-bond donors (Lipinski definition) is 1. The molecule has 0 aliphatic carbocycles. The van der Waals surface area contributed by atoms with Gasteiger partial charge in [0.25, 0.3) is 0 Å². The third-order valence-electron chi connectivity index (χ3n) is 1.58. The van der Waals surface area contributed by atoms with Crippen molar-refractivity contribution in [3.63, 3.8) is 0 Å². The van der Waals surface area contributed by atoms with Gasteiger partial charge in [-0.2, -0.15) is 0 Å². The average molecular weight is 201 g/mol. The van der Waals surface area contributed by atoms with Gasteiger partial charge in [0, 0.05) is 18.5 Å². The van der Waals surface area contributed by atoms with E-state index in [4.69, 9.17) is 16.7 Å². The van der Waals surface area contributed by atoms with E-state index in [2.05, 4.69) is 9.97 Å². The summed E-state index contributed by atoms with van der Waals surface area (Å²) in [5.74, 6) is 0.0127. The number of carboxylic acids is 1. The van der Waals surface area contributed by atoms with Gasteiger partial charge < -0.3 is 5.11 Å². The molecule has 0 saturated heterocycles. The number of aromatic carboxylic acids is 1. The van der Waals surface area contributed by atoms with Crippen molar-refractivity contribution in [3.8, 4) is 0 Å². The van der Waals surface area contributed by atoms with E-state index in [-0.39, 0.29) is 5.56 Å². The molecule has 0 saturated carbocycles. The van der Waals surface area contributed by atoms with Crippen molar-refractivity contribution in [2.75, 3.05) is 5.88 Å². The second-order valence-corrected chi connectivity index (χ2v) is 2.91. The molecule has 0 fully saturated rings. The van der Waals surface area contributed by atoms with E-state index in [1.165, 1.54) is 6.20 Å². The fraction of sp³-hybridized carbons (Fsp3) is 0.375. The summed E-state index contributed by atoms with van der Waals surface area (Å²) in [5.41, 5.74) is 0.612. The lowest BCUT2D eigenvalue weighted by Gasteiger charge is -2.01. The summed E-state index contributed by atoms with van der Waals surface area (Å²) in [6, 6.07) is 0. The summed E-state index contributed by atoms with van der Waals surface area (Å²) in [4.78, 5) is 18.5. The van der Waals surface area contributed by atoms with Gasteiger partial charge in [-0.15, -0.1) is 11.6 Å². The lowest BCUT2D eigenvalue weighted by molar-refractivity contribution is 0.0695. The summed E-state index contributed by atoms with van der Waals surface area (Å²) in [6.45, 7) is 1.64. The lowest BCUT2D eigenvalue weighted by Crippen LogP contribution is -2.06. The minimum absolute atomic E-state index is 0.137. The highest BCUT2D eigenvalue weighted by molar-refractivity contribution is 6.17. The number of nitrogens with zero attached hydrogens (tertiary/aromatic N) is 2. The molecule has 0 bridgehead atoms. The molecule has 0 amide bonds. The minimum atomic E-state index is -1.00. The molecule has 0 aliphatic heterocycles. The van der Waals surface area contributed by atoms with Crippen LogP contribution in [0.1, 0.15) is 21.9 Å². The maximum Gasteiger partial charge on any atom is 0.339 e. The molecule has 4 nitrogen and oxygen atoms in total. The number of rotatable bonds is 3. The van der Waals surface area contributed by atoms with Gasteiger partial charge >= 0.3 is 5.97 Å². The van der Waals surface area contributed by atoms with Gasteiger partial charge in [-0.25, -0.2) is 14.8 Å². The van der Waals surface area contributed by atoms with Crippen LogP contribution in [0.3, 0.4) is 0 Å². The first-order valence-corrected chi connectivity index (χ1v) is 4.30. The summed E-state index contributed by atoms with van der Waals surface area (Å²) >= 11 is 5.49. The predicted molar refractivity (Wildman–Crippen MR) is 48.2 cm³/mol. The molecule has 5 heteroatoms. The van der Waals surface area contributed by atoms with Gasteiger partial charge in [0.05, 0.1) is 11.3 Å². The van der Waals surface area contributed by atoms with Crippen LogP contribution in [0, 0.1) is 6.92 Å². The van der Waals surface area contributed by atoms with Crippen LogP contribution < -0.4 is 0 Å². The van der Waals surface area contributed by atoms with Gasteiger partial charge in [-0.05, 0) is 6.92 Å². The van der Waals surface area contributed by atoms with Gasteiger partial charge in [0.2, 0.25) is 0 Å². The molecule has 0 aromatic carbocycles. The largest absolute Gasteiger partial charge is 0.478 e. The van der Waals surface area contributed by atoms with E-state index in [0.29, 0.717) is 23.8 Å². The third-order valence-corrected chi connectivity index (χ3v) is 1.77. The average Bonchev–Trinajstić information content (AvgIpc) is 2.04. The summed E-state index contributed by atoms with van der Waals surface area (Å²) < 4.78 is 0. The van der Waals surface area contributed by atoms with Gasteiger partial charge in [-0.1, -0.05) is 0 Å². The van der Waals surface area contributed by atoms with Crippen LogP contribution in [0.2, 0.25) is 0 Å². The molecule has 0 unspecified atom stereocenters. The van der Waals surface area contributed by atoms with E-state index in [1.807, 2.05) is 0 Å². The van der Waals surface area contributed by atoms with Crippen LogP contribution in [-0.2, 0) is 6.42 Å². The number of carboxylic acid groups (broad SMARTS) is 1. The van der Waals surface area contributed by atoms with Crippen molar-refractivity contribution in [2.24, 2.45) is 0 Å². The van der Waals surface area contributed by atoms with Gasteiger partial charge in [0.1, 0.15) is 5.82 Å². The van der Waals surface area contributed by atoms with Crippen LogP contribution in [-0.4, -0.2) is 26.9 Å². The SMILES string of the molecule is Cc1nc(CCCl)ncc1C(=O)O. The number of hydrogen-bond acceptors (Lipinski definition) is 3. The van der Waals surface area contributed by atoms with Crippen LogP contribution in [0.15, 0.2) is 6.20 Å². The zero-order valence-electron chi connectivity index (χ0n) is 7.12. The first kappa shape index (κ1) is 9.92. The Balaban J connectivity index is 2.98. The fourth-order valence-electron chi connectivity index (χ4n) is 0.930. The number of halogens is 1. The molecule has 0 aliphatic rings. The summed E-state index contributed by atoms with van der Waals surface area (Å²) in [7, 11) is 0. The Kier molecular flexibility index (Phi) is 3.19. The monoisotopic (exact) mass is 200 g/mol. The number of carbonyl (C=O) groups is 1. The van der Waals surface area contributed by atoms with E-state index in [9.17, 15) is 4.79 Å². The van der Waals surface area contributed by atoms with Crippen LogP contribution in [0.4, 0.5) is 0 Å². The molecular formula is C8H9ClN2O2. The highest BCUT2D eigenvalue weighted by Gasteiger charge is 2.09. The van der Waals surface area contributed by atoms with Crippen LogP contribution in [0.25, 0.3) is 0 Å².